The van der Waals surface area contributed by atoms with Crippen molar-refractivity contribution in [2.24, 2.45) is 5.92 Å². The smallest absolute Gasteiger partial charge is 0.0884 e. The van der Waals surface area contributed by atoms with Crippen molar-refractivity contribution in [3.05, 3.63) is 11.8 Å². The molecular weight excluding hydrogens is 136 g/mol. The van der Waals surface area contributed by atoms with Crippen molar-refractivity contribution in [2.75, 3.05) is 7.11 Å². The van der Waals surface area contributed by atoms with E-state index in [1.54, 1.807) is 7.11 Å². The number of ether oxygens (including phenoxy) is 1. The van der Waals surface area contributed by atoms with Crippen LogP contribution in [-0.4, -0.2) is 7.11 Å². The molecule has 0 aliphatic heterocycles. The molecule has 1 nitrogen and oxygen atoms in total. The van der Waals surface area contributed by atoms with Crippen molar-refractivity contribution < 1.29 is 4.74 Å². The van der Waals surface area contributed by atoms with Gasteiger partial charge in [0, 0.05) is 0 Å². The zero-order valence-electron chi connectivity index (χ0n) is 8.18. The molecule has 0 bridgehead atoms. The average Bonchev–Trinajstić information content (AvgIpc) is 2.04. The van der Waals surface area contributed by atoms with Gasteiger partial charge in [-0.3, -0.25) is 0 Å². The molecule has 0 aliphatic carbocycles. The third-order valence-electron chi connectivity index (χ3n) is 2.11. The van der Waals surface area contributed by atoms with E-state index in [-0.39, 0.29) is 0 Å². The Bertz CT molecular complexity index is 116. The summed E-state index contributed by atoms with van der Waals surface area (Å²) in [6.45, 7) is 6.52. The van der Waals surface area contributed by atoms with Crippen LogP contribution in [0, 0.1) is 5.92 Å². The van der Waals surface area contributed by atoms with Gasteiger partial charge in [-0.05, 0) is 31.8 Å². The third-order valence-corrected chi connectivity index (χ3v) is 2.11. The molecule has 0 aromatic rings. The molecule has 1 heteroatoms. The first-order chi connectivity index (χ1) is 5.20. The molecule has 0 N–H and O–H groups in total. The SMILES string of the molecule is CCC(C)CCC=C(C)OC. The second-order valence-electron chi connectivity index (χ2n) is 3.11. The van der Waals surface area contributed by atoms with Crippen LogP contribution in [0.25, 0.3) is 0 Å². The third kappa shape index (κ3) is 5.96. The van der Waals surface area contributed by atoms with Crippen LogP contribution in [-0.2, 0) is 4.74 Å². The molecule has 0 aromatic heterocycles. The minimum atomic E-state index is 0.843. The topological polar surface area (TPSA) is 9.23 Å². The van der Waals surface area contributed by atoms with Crippen molar-refractivity contribution in [1.82, 2.24) is 0 Å². The van der Waals surface area contributed by atoms with E-state index in [2.05, 4.69) is 19.9 Å². The summed E-state index contributed by atoms with van der Waals surface area (Å²) < 4.78 is 5.03. The van der Waals surface area contributed by atoms with E-state index in [1.165, 1.54) is 12.8 Å². The molecule has 0 saturated carbocycles. The van der Waals surface area contributed by atoms with E-state index in [0.717, 1.165) is 18.1 Å². The van der Waals surface area contributed by atoms with E-state index in [9.17, 15) is 0 Å². The number of rotatable bonds is 5. The van der Waals surface area contributed by atoms with Crippen LogP contribution in [0.5, 0.6) is 0 Å². The lowest BCUT2D eigenvalue weighted by Gasteiger charge is -2.05. The highest BCUT2D eigenvalue weighted by atomic mass is 16.5. The molecule has 0 fully saturated rings. The van der Waals surface area contributed by atoms with Gasteiger partial charge in [-0.25, -0.2) is 0 Å². The van der Waals surface area contributed by atoms with Crippen molar-refractivity contribution >= 4 is 0 Å². The fraction of sp³-hybridized carbons (Fsp3) is 0.800. The van der Waals surface area contributed by atoms with Gasteiger partial charge >= 0.3 is 0 Å². The van der Waals surface area contributed by atoms with Gasteiger partial charge in [0.1, 0.15) is 0 Å². The van der Waals surface area contributed by atoms with Gasteiger partial charge in [0.25, 0.3) is 0 Å². The molecule has 0 amide bonds. The summed E-state index contributed by atoms with van der Waals surface area (Å²) >= 11 is 0. The second-order valence-corrected chi connectivity index (χ2v) is 3.11. The van der Waals surface area contributed by atoms with E-state index in [4.69, 9.17) is 4.74 Å². The first-order valence-electron chi connectivity index (χ1n) is 4.41. The van der Waals surface area contributed by atoms with Crippen molar-refractivity contribution in [2.45, 2.75) is 40.0 Å². The zero-order valence-corrected chi connectivity index (χ0v) is 8.18. The molecule has 0 aromatic carbocycles. The fourth-order valence-electron chi connectivity index (χ4n) is 0.859. The molecule has 11 heavy (non-hydrogen) atoms. The minimum absolute atomic E-state index is 0.843. The predicted molar refractivity (Wildman–Crippen MR) is 49.5 cm³/mol. The molecule has 66 valence electrons. The van der Waals surface area contributed by atoms with Crippen LogP contribution in [0.4, 0.5) is 0 Å². The van der Waals surface area contributed by atoms with Crippen LogP contribution in [0.3, 0.4) is 0 Å². The summed E-state index contributed by atoms with van der Waals surface area (Å²) in [5.41, 5.74) is 0. The van der Waals surface area contributed by atoms with Gasteiger partial charge in [-0.15, -0.1) is 0 Å². The Morgan fingerprint density at radius 3 is 2.64 bits per heavy atom. The normalized spacial score (nSPS) is 14.7. The summed E-state index contributed by atoms with van der Waals surface area (Å²) in [5.74, 6) is 1.88. The van der Waals surface area contributed by atoms with Gasteiger partial charge in [0.15, 0.2) is 0 Å². The van der Waals surface area contributed by atoms with E-state index in [1.807, 2.05) is 6.92 Å². The van der Waals surface area contributed by atoms with E-state index < -0.39 is 0 Å². The molecule has 0 saturated heterocycles. The van der Waals surface area contributed by atoms with Crippen molar-refractivity contribution in [3.8, 4) is 0 Å². The van der Waals surface area contributed by atoms with Gasteiger partial charge in [0.05, 0.1) is 12.9 Å². The Labute approximate surface area is 70.4 Å². The average molecular weight is 156 g/mol. The van der Waals surface area contributed by atoms with Crippen LogP contribution in [0.2, 0.25) is 0 Å². The fourth-order valence-corrected chi connectivity index (χ4v) is 0.859. The molecule has 1 unspecified atom stereocenters. The number of hydrogen-bond donors (Lipinski definition) is 0. The highest BCUT2D eigenvalue weighted by Crippen LogP contribution is 2.10. The van der Waals surface area contributed by atoms with Gasteiger partial charge < -0.3 is 4.74 Å². The Morgan fingerprint density at radius 1 is 1.55 bits per heavy atom. The summed E-state index contributed by atoms with van der Waals surface area (Å²) in [6, 6.07) is 0. The second kappa shape index (κ2) is 6.26. The molecule has 0 aliphatic rings. The zero-order chi connectivity index (χ0) is 8.69. The Balaban J connectivity index is 3.39. The molecule has 0 heterocycles. The number of hydrogen-bond acceptors (Lipinski definition) is 1. The van der Waals surface area contributed by atoms with Crippen LogP contribution >= 0.6 is 0 Å². The van der Waals surface area contributed by atoms with Gasteiger partial charge in [0.2, 0.25) is 0 Å². The minimum Gasteiger partial charge on any atom is -0.502 e. The maximum Gasteiger partial charge on any atom is 0.0884 e. The largest absolute Gasteiger partial charge is 0.502 e. The lowest BCUT2D eigenvalue weighted by Crippen LogP contribution is -1.90. The van der Waals surface area contributed by atoms with E-state index in [0.29, 0.717) is 0 Å². The summed E-state index contributed by atoms with van der Waals surface area (Å²) in [6.07, 6.45) is 5.86. The van der Waals surface area contributed by atoms with Crippen molar-refractivity contribution in [3.63, 3.8) is 0 Å². The van der Waals surface area contributed by atoms with E-state index >= 15 is 0 Å². The van der Waals surface area contributed by atoms with Gasteiger partial charge in [-0.1, -0.05) is 20.3 Å². The Morgan fingerprint density at radius 2 is 2.18 bits per heavy atom. The first-order valence-corrected chi connectivity index (χ1v) is 4.41. The molecule has 0 spiro atoms. The van der Waals surface area contributed by atoms with Crippen LogP contribution < -0.4 is 0 Å². The summed E-state index contributed by atoms with van der Waals surface area (Å²) in [4.78, 5) is 0. The molecular formula is C10H20O. The lowest BCUT2D eigenvalue weighted by atomic mass is 10.0. The first kappa shape index (κ1) is 10.5. The highest BCUT2D eigenvalue weighted by molar-refractivity contribution is 4.87. The highest BCUT2D eigenvalue weighted by Gasteiger charge is 1.95. The summed E-state index contributed by atoms with van der Waals surface area (Å²) in [5, 5.41) is 0. The molecule has 0 radical (unpaired) electrons. The number of allylic oxidation sites excluding steroid dienone is 2. The molecule has 1 atom stereocenters. The Kier molecular flexibility index (Phi) is 6.00. The van der Waals surface area contributed by atoms with Crippen LogP contribution in [0.1, 0.15) is 40.0 Å². The maximum absolute atomic E-state index is 5.03. The Hall–Kier alpha value is -0.460. The van der Waals surface area contributed by atoms with Crippen molar-refractivity contribution in [1.29, 1.82) is 0 Å². The maximum atomic E-state index is 5.03. The van der Waals surface area contributed by atoms with Gasteiger partial charge in [-0.2, -0.15) is 0 Å². The number of methoxy groups -OCH3 is 1. The predicted octanol–water partition coefficient (Wildman–Crippen LogP) is 3.36. The monoisotopic (exact) mass is 156 g/mol. The van der Waals surface area contributed by atoms with Crippen LogP contribution in [0.15, 0.2) is 11.8 Å². The summed E-state index contributed by atoms with van der Waals surface area (Å²) in [7, 11) is 1.72. The standard InChI is InChI=1S/C10H20O/c1-5-9(2)7-6-8-10(3)11-4/h8-9H,5-7H2,1-4H3. The quantitative estimate of drug-likeness (QED) is 0.554. The lowest BCUT2D eigenvalue weighted by molar-refractivity contribution is 0.291. The molecule has 0 rings (SSSR count).